The van der Waals surface area contributed by atoms with Crippen LogP contribution in [0.2, 0.25) is 0 Å². The van der Waals surface area contributed by atoms with Crippen LogP contribution in [0.25, 0.3) is 11.3 Å². The van der Waals surface area contributed by atoms with Gasteiger partial charge in [-0.15, -0.1) is 0 Å². The van der Waals surface area contributed by atoms with E-state index in [1.807, 2.05) is 37.4 Å². The minimum absolute atomic E-state index is 0.0648. The number of aromatic nitrogens is 3. The first kappa shape index (κ1) is 19.6. The minimum Gasteiger partial charge on any atom is -0.495 e. The first-order valence-corrected chi connectivity index (χ1v) is 9.69. The summed E-state index contributed by atoms with van der Waals surface area (Å²) in [6.07, 6.45) is 2.44. The number of hydrogen-bond donors (Lipinski definition) is 3. The smallest absolute Gasteiger partial charge is 0.244 e. The Kier molecular flexibility index (Phi) is 5.18. The molecule has 9 heteroatoms. The number of benzene rings is 1. The van der Waals surface area contributed by atoms with Crippen molar-refractivity contribution < 1.29 is 9.53 Å². The average molecular weight is 407 g/mol. The molecule has 1 aliphatic heterocycles. The van der Waals surface area contributed by atoms with Gasteiger partial charge in [-0.3, -0.25) is 4.79 Å². The lowest BCUT2D eigenvalue weighted by atomic mass is 10.2. The predicted molar refractivity (Wildman–Crippen MR) is 117 cm³/mol. The first-order chi connectivity index (χ1) is 14.5. The number of rotatable bonds is 7. The Hall–Kier alpha value is -3.75. The minimum atomic E-state index is -0.281. The second kappa shape index (κ2) is 7.94. The molecule has 4 rings (SSSR count). The van der Waals surface area contributed by atoms with Crippen LogP contribution < -0.4 is 20.7 Å². The molecule has 156 valence electrons. The molecule has 30 heavy (non-hydrogen) atoms. The molecule has 0 bridgehead atoms. The molecular formula is C21H25N7O2. The number of nitrogens with zero attached hydrogens (tertiary/aromatic N) is 4. The maximum Gasteiger partial charge on any atom is 0.244 e. The van der Waals surface area contributed by atoms with Crippen LogP contribution in [-0.4, -0.2) is 59.2 Å². The van der Waals surface area contributed by atoms with E-state index in [4.69, 9.17) is 9.72 Å². The van der Waals surface area contributed by atoms with Crippen LogP contribution >= 0.6 is 0 Å². The topological polar surface area (TPSA) is 95.8 Å². The maximum atomic E-state index is 12.2. The molecular weight excluding hydrogens is 382 g/mol. The van der Waals surface area contributed by atoms with E-state index in [1.165, 1.54) is 0 Å². The summed E-state index contributed by atoms with van der Waals surface area (Å²) in [7, 11) is 5.25. The van der Waals surface area contributed by atoms with Gasteiger partial charge in [-0.2, -0.15) is 9.61 Å². The monoisotopic (exact) mass is 407 g/mol. The van der Waals surface area contributed by atoms with Crippen molar-refractivity contribution in [2.24, 2.45) is 0 Å². The molecule has 1 fully saturated rings. The lowest BCUT2D eigenvalue weighted by molar-refractivity contribution is -0.128. The third-order valence-corrected chi connectivity index (χ3v) is 5.20. The number of carbonyl (C=O) groups excluding carboxylic acids is 1. The van der Waals surface area contributed by atoms with E-state index in [0.717, 1.165) is 30.0 Å². The maximum absolute atomic E-state index is 12.2. The van der Waals surface area contributed by atoms with Gasteiger partial charge in [0.1, 0.15) is 23.4 Å². The Bertz CT molecular complexity index is 1110. The molecule has 3 aromatic rings. The summed E-state index contributed by atoms with van der Waals surface area (Å²) in [5.74, 6) is 2.17. The SMILES string of the molecule is C=C(N[C@@H]1CCN(C)C1=O)c1cnn2c(NC)cc(Nc3ccccc3OC)nc12. The summed E-state index contributed by atoms with van der Waals surface area (Å²) in [5.41, 5.74) is 2.77. The van der Waals surface area contributed by atoms with E-state index in [1.54, 1.807) is 29.8 Å². The third kappa shape index (κ3) is 3.49. The van der Waals surface area contributed by atoms with Gasteiger partial charge in [0.2, 0.25) is 5.91 Å². The van der Waals surface area contributed by atoms with E-state index in [-0.39, 0.29) is 11.9 Å². The number of carbonyl (C=O) groups is 1. The number of hydrogen-bond acceptors (Lipinski definition) is 7. The van der Waals surface area contributed by atoms with Crippen LogP contribution in [0.5, 0.6) is 5.75 Å². The summed E-state index contributed by atoms with van der Waals surface area (Å²) in [6, 6.07) is 9.22. The van der Waals surface area contributed by atoms with Crippen molar-refractivity contribution in [3.05, 3.63) is 48.7 Å². The lowest BCUT2D eigenvalue weighted by Gasteiger charge is -2.15. The highest BCUT2D eigenvalue weighted by Crippen LogP contribution is 2.29. The zero-order chi connectivity index (χ0) is 21.3. The number of nitrogens with one attached hydrogen (secondary N) is 3. The Labute approximate surface area is 174 Å². The van der Waals surface area contributed by atoms with E-state index in [9.17, 15) is 4.79 Å². The van der Waals surface area contributed by atoms with Crippen molar-refractivity contribution in [1.29, 1.82) is 0 Å². The lowest BCUT2D eigenvalue weighted by Crippen LogP contribution is -2.35. The van der Waals surface area contributed by atoms with E-state index < -0.39 is 0 Å². The van der Waals surface area contributed by atoms with Crippen molar-refractivity contribution >= 4 is 34.6 Å². The standard InChI is InChI=1S/C21H25N7O2/c1-13(24-16-9-10-27(3)21(16)29)14-12-23-28-19(22-2)11-18(26-20(14)28)25-15-7-5-6-8-17(15)30-4/h5-8,11-12,16,22,24H,1,9-10H2,2-4H3,(H,25,26)/t16-/m1/s1. The van der Waals surface area contributed by atoms with Crippen LogP contribution in [0.4, 0.5) is 17.3 Å². The van der Waals surface area contributed by atoms with Crippen molar-refractivity contribution in [3.8, 4) is 5.75 Å². The number of amides is 1. The summed E-state index contributed by atoms with van der Waals surface area (Å²) in [5, 5.41) is 14.1. The van der Waals surface area contributed by atoms with Crippen molar-refractivity contribution in [3.63, 3.8) is 0 Å². The number of anilines is 3. The number of likely N-dealkylation sites (N-methyl/N-ethyl adjacent to an activating group) is 1. The van der Waals surface area contributed by atoms with Crippen LogP contribution in [0, 0.1) is 0 Å². The number of methoxy groups -OCH3 is 1. The fourth-order valence-corrected chi connectivity index (χ4v) is 3.55. The second-order valence-corrected chi connectivity index (χ2v) is 7.12. The molecule has 1 aromatic carbocycles. The van der Waals surface area contributed by atoms with Gasteiger partial charge in [0.15, 0.2) is 5.65 Å². The number of ether oxygens (including phenoxy) is 1. The summed E-state index contributed by atoms with van der Waals surface area (Å²) in [6.45, 7) is 4.86. The van der Waals surface area contributed by atoms with Crippen LogP contribution in [-0.2, 0) is 4.79 Å². The molecule has 1 aliphatic rings. The van der Waals surface area contributed by atoms with Crippen LogP contribution in [0.1, 0.15) is 12.0 Å². The average Bonchev–Trinajstić information content (AvgIpc) is 3.32. The van der Waals surface area contributed by atoms with Gasteiger partial charge < -0.3 is 25.6 Å². The Morgan fingerprint density at radius 1 is 1.33 bits per heavy atom. The normalized spacial score (nSPS) is 16.0. The molecule has 0 aliphatic carbocycles. The predicted octanol–water partition coefficient (Wildman–Crippen LogP) is 2.31. The number of fused-ring (bicyclic) bond motifs is 1. The summed E-state index contributed by atoms with van der Waals surface area (Å²) in [4.78, 5) is 18.7. The van der Waals surface area contributed by atoms with Gasteiger partial charge in [-0.05, 0) is 18.6 Å². The fraction of sp³-hybridized carbons (Fsp3) is 0.286. The number of para-hydroxylation sites is 2. The molecule has 0 radical (unpaired) electrons. The van der Waals surface area contributed by atoms with E-state index in [2.05, 4.69) is 27.6 Å². The summed E-state index contributed by atoms with van der Waals surface area (Å²) >= 11 is 0. The zero-order valence-corrected chi connectivity index (χ0v) is 17.3. The molecule has 3 heterocycles. The quantitative estimate of drug-likeness (QED) is 0.553. The van der Waals surface area contributed by atoms with Crippen LogP contribution in [0.3, 0.4) is 0 Å². The number of likely N-dealkylation sites (tertiary alicyclic amines) is 1. The van der Waals surface area contributed by atoms with Gasteiger partial charge in [-0.1, -0.05) is 18.7 Å². The second-order valence-electron chi connectivity index (χ2n) is 7.12. The molecule has 0 spiro atoms. The van der Waals surface area contributed by atoms with Gasteiger partial charge in [0.05, 0.1) is 24.6 Å². The molecule has 1 saturated heterocycles. The molecule has 0 unspecified atom stereocenters. The van der Waals surface area contributed by atoms with Crippen LogP contribution in [0.15, 0.2) is 43.1 Å². The van der Waals surface area contributed by atoms with Crippen molar-refractivity contribution in [1.82, 2.24) is 24.8 Å². The van der Waals surface area contributed by atoms with Crippen molar-refractivity contribution in [2.45, 2.75) is 12.5 Å². The molecule has 9 nitrogen and oxygen atoms in total. The molecule has 1 amide bonds. The third-order valence-electron chi connectivity index (χ3n) is 5.20. The van der Waals surface area contributed by atoms with E-state index in [0.29, 0.717) is 22.9 Å². The fourth-order valence-electron chi connectivity index (χ4n) is 3.55. The molecule has 3 N–H and O–H groups in total. The van der Waals surface area contributed by atoms with Crippen molar-refractivity contribution in [2.75, 3.05) is 38.4 Å². The van der Waals surface area contributed by atoms with E-state index >= 15 is 0 Å². The highest BCUT2D eigenvalue weighted by molar-refractivity contribution is 5.86. The Balaban J connectivity index is 1.67. The first-order valence-electron chi connectivity index (χ1n) is 9.69. The molecule has 0 saturated carbocycles. The zero-order valence-electron chi connectivity index (χ0n) is 17.3. The van der Waals surface area contributed by atoms with Gasteiger partial charge in [0.25, 0.3) is 0 Å². The Morgan fingerprint density at radius 3 is 2.83 bits per heavy atom. The van der Waals surface area contributed by atoms with Gasteiger partial charge in [0, 0.05) is 32.4 Å². The largest absolute Gasteiger partial charge is 0.495 e. The van der Waals surface area contributed by atoms with Gasteiger partial charge in [-0.25, -0.2) is 4.98 Å². The highest BCUT2D eigenvalue weighted by atomic mass is 16.5. The van der Waals surface area contributed by atoms with Gasteiger partial charge >= 0.3 is 0 Å². The summed E-state index contributed by atoms with van der Waals surface area (Å²) < 4.78 is 7.12. The molecule has 2 aromatic heterocycles. The Morgan fingerprint density at radius 2 is 2.13 bits per heavy atom. The highest BCUT2D eigenvalue weighted by Gasteiger charge is 2.29. The molecule has 1 atom stereocenters.